The molecule has 0 aromatic carbocycles. The van der Waals surface area contributed by atoms with Crippen LogP contribution in [0, 0.1) is 0 Å². The molecule has 1 amide bonds. The van der Waals surface area contributed by atoms with E-state index in [1.54, 1.807) is 17.9 Å². The monoisotopic (exact) mass is 208 g/mol. The van der Waals surface area contributed by atoms with Crippen LogP contribution in [-0.4, -0.2) is 21.7 Å². The summed E-state index contributed by atoms with van der Waals surface area (Å²) in [5.41, 5.74) is 6.91. The number of amidine groups is 1. The molecular weight excluding hydrogens is 196 g/mol. The van der Waals surface area contributed by atoms with Crippen molar-refractivity contribution in [2.24, 2.45) is 17.8 Å². The fourth-order valence-electron chi connectivity index (χ4n) is 1.61. The van der Waals surface area contributed by atoms with Crippen molar-refractivity contribution in [1.29, 1.82) is 0 Å². The van der Waals surface area contributed by atoms with Crippen LogP contribution >= 0.6 is 0 Å². The minimum Gasteiger partial charge on any atom is -0.446 e. The molecule has 0 saturated carbocycles. The Labute approximate surface area is 86.7 Å². The van der Waals surface area contributed by atoms with Crippen molar-refractivity contribution in [3.8, 4) is 0 Å². The molecule has 1 unspecified atom stereocenters. The van der Waals surface area contributed by atoms with Gasteiger partial charge in [-0.3, -0.25) is 9.48 Å². The molecule has 1 aliphatic heterocycles. The molecule has 0 spiro atoms. The summed E-state index contributed by atoms with van der Waals surface area (Å²) in [7, 11) is 1.80. The Morgan fingerprint density at radius 1 is 1.67 bits per heavy atom. The number of carbonyl (C=O) groups is 1. The van der Waals surface area contributed by atoms with E-state index >= 15 is 0 Å². The summed E-state index contributed by atoms with van der Waals surface area (Å²) in [6.45, 7) is 1.97. The summed E-state index contributed by atoms with van der Waals surface area (Å²) in [6, 6.07) is -0.0732. The predicted octanol–water partition coefficient (Wildman–Crippen LogP) is -0.105. The molecule has 0 bridgehead atoms. The zero-order chi connectivity index (χ0) is 11.0. The third-order valence-electron chi connectivity index (χ3n) is 2.24. The standard InChI is InChI=1S/C9H12N4O2/c1-3-6-5(4-13(2)12-6)7-8(14)11-9(10)15-7/h4,7H,3H2,1-2H3,(H2,10,11,14). The summed E-state index contributed by atoms with van der Waals surface area (Å²) in [6.07, 6.45) is 1.78. The third kappa shape index (κ3) is 1.58. The Balaban J connectivity index is 2.34. The molecule has 0 radical (unpaired) electrons. The largest absolute Gasteiger partial charge is 0.446 e. The first-order valence-corrected chi connectivity index (χ1v) is 4.69. The first kappa shape index (κ1) is 9.70. The minimum absolute atomic E-state index is 0.0732. The van der Waals surface area contributed by atoms with E-state index < -0.39 is 6.10 Å². The molecule has 6 nitrogen and oxygen atoms in total. The van der Waals surface area contributed by atoms with Gasteiger partial charge >= 0.3 is 0 Å². The van der Waals surface area contributed by atoms with Crippen LogP contribution in [-0.2, 0) is 23.0 Å². The number of aromatic nitrogens is 2. The molecule has 6 heteroatoms. The van der Waals surface area contributed by atoms with Gasteiger partial charge in [0.25, 0.3) is 11.9 Å². The number of hydrogen-bond acceptors (Lipinski definition) is 4. The number of rotatable bonds is 2. The zero-order valence-corrected chi connectivity index (χ0v) is 8.60. The molecule has 15 heavy (non-hydrogen) atoms. The van der Waals surface area contributed by atoms with Crippen LogP contribution in [0.3, 0.4) is 0 Å². The fraction of sp³-hybridized carbons (Fsp3) is 0.444. The molecule has 0 saturated heterocycles. The van der Waals surface area contributed by atoms with Gasteiger partial charge in [0.1, 0.15) is 0 Å². The lowest BCUT2D eigenvalue weighted by molar-refractivity contribution is -0.122. The van der Waals surface area contributed by atoms with Gasteiger partial charge in [-0.15, -0.1) is 0 Å². The molecule has 1 aromatic rings. The predicted molar refractivity (Wildman–Crippen MR) is 53.0 cm³/mol. The molecule has 0 fully saturated rings. The second-order valence-corrected chi connectivity index (χ2v) is 3.34. The Morgan fingerprint density at radius 2 is 2.40 bits per heavy atom. The maximum Gasteiger partial charge on any atom is 0.296 e. The van der Waals surface area contributed by atoms with Crippen LogP contribution in [0.15, 0.2) is 11.2 Å². The van der Waals surface area contributed by atoms with Gasteiger partial charge in [-0.25, -0.2) is 0 Å². The third-order valence-corrected chi connectivity index (χ3v) is 2.24. The van der Waals surface area contributed by atoms with Crippen LogP contribution in [0.25, 0.3) is 0 Å². The highest BCUT2D eigenvalue weighted by atomic mass is 16.5. The number of hydrogen-bond donors (Lipinski definition) is 1. The Hall–Kier alpha value is -1.85. The first-order chi connectivity index (χ1) is 7.11. The molecule has 0 aliphatic carbocycles. The lowest BCUT2D eigenvalue weighted by Gasteiger charge is -2.06. The van der Waals surface area contributed by atoms with Crippen LogP contribution in [0.1, 0.15) is 24.3 Å². The highest BCUT2D eigenvalue weighted by molar-refractivity contribution is 5.98. The summed E-state index contributed by atoms with van der Waals surface area (Å²) >= 11 is 0. The lowest BCUT2D eigenvalue weighted by atomic mass is 10.1. The normalized spacial score (nSPS) is 20.3. The van der Waals surface area contributed by atoms with Gasteiger partial charge in [0, 0.05) is 18.8 Å². The summed E-state index contributed by atoms with van der Waals surface area (Å²) in [5.74, 6) is -0.366. The van der Waals surface area contributed by atoms with E-state index in [0.717, 1.165) is 17.7 Å². The van der Waals surface area contributed by atoms with Crippen molar-refractivity contribution >= 4 is 11.9 Å². The summed E-state index contributed by atoms with van der Waals surface area (Å²) in [4.78, 5) is 15.0. The quantitative estimate of drug-likeness (QED) is 0.735. The SMILES string of the molecule is CCc1nn(C)cc1C1OC(N)=NC1=O. The number of nitrogens with two attached hydrogens (primary N) is 1. The topological polar surface area (TPSA) is 82.5 Å². The van der Waals surface area contributed by atoms with E-state index in [9.17, 15) is 4.79 Å². The van der Waals surface area contributed by atoms with E-state index in [0.29, 0.717) is 0 Å². The average Bonchev–Trinajstić information content (AvgIpc) is 2.69. The molecule has 1 aliphatic rings. The number of nitrogens with zero attached hydrogens (tertiary/aromatic N) is 3. The van der Waals surface area contributed by atoms with Crippen LogP contribution < -0.4 is 5.73 Å². The van der Waals surface area contributed by atoms with Gasteiger partial charge in [0.2, 0.25) is 6.10 Å². The number of carbonyl (C=O) groups excluding carboxylic acids is 1. The molecule has 80 valence electrons. The average molecular weight is 208 g/mol. The number of ether oxygens (including phenoxy) is 1. The van der Waals surface area contributed by atoms with Crippen molar-refractivity contribution in [1.82, 2.24) is 9.78 Å². The summed E-state index contributed by atoms with van der Waals surface area (Å²) in [5, 5.41) is 4.23. The van der Waals surface area contributed by atoms with Crippen LogP contribution in [0.5, 0.6) is 0 Å². The molecule has 2 N–H and O–H groups in total. The van der Waals surface area contributed by atoms with Gasteiger partial charge in [-0.05, 0) is 6.42 Å². The molecular formula is C9H12N4O2. The zero-order valence-electron chi connectivity index (χ0n) is 8.60. The smallest absolute Gasteiger partial charge is 0.296 e. The van der Waals surface area contributed by atoms with E-state index in [1.165, 1.54) is 0 Å². The maximum atomic E-state index is 11.4. The van der Waals surface area contributed by atoms with Crippen molar-refractivity contribution < 1.29 is 9.53 Å². The number of amides is 1. The van der Waals surface area contributed by atoms with Crippen LogP contribution in [0.4, 0.5) is 0 Å². The van der Waals surface area contributed by atoms with Gasteiger partial charge in [-0.1, -0.05) is 6.92 Å². The second-order valence-electron chi connectivity index (χ2n) is 3.34. The highest BCUT2D eigenvalue weighted by Crippen LogP contribution is 2.25. The van der Waals surface area contributed by atoms with E-state index in [2.05, 4.69) is 10.1 Å². The fourth-order valence-corrected chi connectivity index (χ4v) is 1.61. The van der Waals surface area contributed by atoms with E-state index in [-0.39, 0.29) is 11.9 Å². The maximum absolute atomic E-state index is 11.4. The Kier molecular flexibility index (Phi) is 2.18. The Bertz CT molecular complexity index is 435. The van der Waals surface area contributed by atoms with Crippen molar-refractivity contribution in [2.75, 3.05) is 0 Å². The molecule has 2 heterocycles. The number of aryl methyl sites for hydroxylation is 2. The summed E-state index contributed by atoms with van der Waals surface area (Å²) < 4.78 is 6.79. The molecule has 2 rings (SSSR count). The lowest BCUT2D eigenvalue weighted by Crippen LogP contribution is -2.14. The van der Waals surface area contributed by atoms with E-state index in [1.807, 2.05) is 6.92 Å². The van der Waals surface area contributed by atoms with Crippen molar-refractivity contribution in [2.45, 2.75) is 19.4 Å². The van der Waals surface area contributed by atoms with Gasteiger partial charge < -0.3 is 10.5 Å². The number of aliphatic imine (C=N–C) groups is 1. The minimum atomic E-state index is -0.714. The Morgan fingerprint density at radius 3 is 2.93 bits per heavy atom. The second kappa shape index (κ2) is 3.38. The highest BCUT2D eigenvalue weighted by Gasteiger charge is 2.32. The van der Waals surface area contributed by atoms with Crippen molar-refractivity contribution in [3.05, 3.63) is 17.5 Å². The van der Waals surface area contributed by atoms with Gasteiger partial charge in [0.05, 0.1) is 5.69 Å². The molecule has 1 aromatic heterocycles. The van der Waals surface area contributed by atoms with Crippen molar-refractivity contribution in [3.63, 3.8) is 0 Å². The first-order valence-electron chi connectivity index (χ1n) is 4.69. The molecule has 1 atom stereocenters. The van der Waals surface area contributed by atoms with Gasteiger partial charge in [-0.2, -0.15) is 10.1 Å². The van der Waals surface area contributed by atoms with E-state index in [4.69, 9.17) is 10.5 Å². The van der Waals surface area contributed by atoms with Crippen LogP contribution in [0.2, 0.25) is 0 Å². The van der Waals surface area contributed by atoms with Gasteiger partial charge in [0.15, 0.2) is 0 Å².